The van der Waals surface area contributed by atoms with Gasteiger partial charge >= 0.3 is 0 Å². The number of hydrogen-bond donors (Lipinski definition) is 2. The van der Waals surface area contributed by atoms with Gasteiger partial charge < -0.3 is 16.0 Å². The van der Waals surface area contributed by atoms with Crippen LogP contribution in [0.25, 0.3) is 0 Å². The van der Waals surface area contributed by atoms with Crippen molar-refractivity contribution >= 4 is 28.3 Å². The van der Waals surface area contributed by atoms with Gasteiger partial charge in [-0.3, -0.25) is 9.59 Å². The molecule has 1 saturated heterocycles. The van der Waals surface area contributed by atoms with Crippen LogP contribution in [0.15, 0.2) is 6.20 Å². The number of nitrogen functional groups attached to an aromatic ring is 1. The molecule has 3 N–H and O–H groups in total. The average molecular weight is 296 g/mol. The summed E-state index contributed by atoms with van der Waals surface area (Å²) in [6.07, 6.45) is 1.96. The van der Waals surface area contributed by atoms with Crippen LogP contribution in [-0.4, -0.2) is 40.3 Å². The number of anilines is 1. The molecule has 1 aromatic heterocycles. The number of thiazole rings is 1. The van der Waals surface area contributed by atoms with Crippen molar-refractivity contribution in [2.24, 2.45) is 5.92 Å². The first-order valence-electron chi connectivity index (χ1n) is 6.57. The summed E-state index contributed by atoms with van der Waals surface area (Å²) < 4.78 is 0. The van der Waals surface area contributed by atoms with Crippen molar-refractivity contribution in [1.29, 1.82) is 0 Å². The topological polar surface area (TPSA) is 88.3 Å². The van der Waals surface area contributed by atoms with Crippen LogP contribution >= 0.6 is 11.3 Å². The number of nitrogens with zero attached hydrogens (tertiary/aromatic N) is 2. The van der Waals surface area contributed by atoms with E-state index in [4.69, 9.17) is 5.73 Å². The molecule has 1 atom stereocenters. The molecule has 0 bridgehead atoms. The average Bonchev–Trinajstić information content (AvgIpc) is 2.91. The number of rotatable bonds is 3. The Morgan fingerprint density at radius 3 is 2.80 bits per heavy atom. The molecule has 1 aromatic rings. The predicted octanol–water partition coefficient (Wildman–Crippen LogP) is 1.10. The number of hydrogen-bond acceptors (Lipinski definition) is 5. The number of likely N-dealkylation sites (tertiary alicyclic amines) is 1. The van der Waals surface area contributed by atoms with E-state index in [2.05, 4.69) is 10.3 Å². The summed E-state index contributed by atoms with van der Waals surface area (Å²) in [6.45, 7) is 7.24. The molecule has 0 aromatic carbocycles. The Balaban J connectivity index is 1.87. The third kappa shape index (κ3) is 3.27. The summed E-state index contributed by atoms with van der Waals surface area (Å²) in [5.41, 5.74) is 5.33. The van der Waals surface area contributed by atoms with Gasteiger partial charge in [0.05, 0.1) is 6.20 Å². The van der Waals surface area contributed by atoms with E-state index >= 15 is 0 Å². The minimum atomic E-state index is -0.180. The number of nitrogens with two attached hydrogens (primary N) is 1. The lowest BCUT2D eigenvalue weighted by atomic mass is 10.1. The zero-order valence-electron chi connectivity index (χ0n) is 12.0. The van der Waals surface area contributed by atoms with Crippen LogP contribution in [0.2, 0.25) is 0 Å². The van der Waals surface area contributed by atoms with Gasteiger partial charge in [-0.2, -0.15) is 0 Å². The summed E-state index contributed by atoms with van der Waals surface area (Å²) in [5.74, 6) is 0.135. The van der Waals surface area contributed by atoms with Gasteiger partial charge in [0.25, 0.3) is 5.91 Å². The summed E-state index contributed by atoms with van der Waals surface area (Å²) in [4.78, 5) is 30.0. The third-order valence-electron chi connectivity index (χ3n) is 3.31. The normalized spacial score (nSPS) is 19.4. The molecule has 6 nitrogen and oxygen atoms in total. The molecule has 7 heteroatoms. The minimum Gasteiger partial charge on any atom is -0.375 e. The van der Waals surface area contributed by atoms with E-state index in [9.17, 15) is 9.59 Å². The molecular weight excluding hydrogens is 276 g/mol. The van der Waals surface area contributed by atoms with Crippen LogP contribution < -0.4 is 11.1 Å². The molecule has 0 spiro atoms. The Hall–Kier alpha value is -1.63. The zero-order chi connectivity index (χ0) is 14.9. The van der Waals surface area contributed by atoms with E-state index in [0.29, 0.717) is 29.5 Å². The van der Waals surface area contributed by atoms with Crippen molar-refractivity contribution < 1.29 is 9.59 Å². The molecule has 0 radical (unpaired) electrons. The maximum absolute atomic E-state index is 11.9. The molecule has 0 aliphatic carbocycles. The first-order chi connectivity index (χ1) is 9.27. The number of aromatic nitrogens is 1. The Kier molecular flexibility index (Phi) is 3.99. The molecule has 0 saturated carbocycles. The highest BCUT2D eigenvalue weighted by Gasteiger charge is 2.36. The van der Waals surface area contributed by atoms with Crippen LogP contribution in [0, 0.1) is 5.92 Å². The van der Waals surface area contributed by atoms with Gasteiger partial charge in [-0.05, 0) is 20.8 Å². The summed E-state index contributed by atoms with van der Waals surface area (Å²) in [6, 6.07) is 0. The molecule has 110 valence electrons. The summed E-state index contributed by atoms with van der Waals surface area (Å²) in [7, 11) is 0. The van der Waals surface area contributed by atoms with Crippen LogP contribution in [0.5, 0.6) is 0 Å². The quantitative estimate of drug-likeness (QED) is 0.874. The fraction of sp³-hybridized carbons (Fsp3) is 0.615. The minimum absolute atomic E-state index is 0.152. The molecule has 1 aliphatic rings. The number of amides is 2. The first kappa shape index (κ1) is 14.8. The lowest BCUT2D eigenvalue weighted by molar-refractivity contribution is -0.131. The highest BCUT2D eigenvalue weighted by Crippen LogP contribution is 2.25. The number of carbonyl (C=O) groups is 2. The second-order valence-corrected chi connectivity index (χ2v) is 7.08. The van der Waals surface area contributed by atoms with Crippen molar-refractivity contribution in [3.8, 4) is 0 Å². The van der Waals surface area contributed by atoms with Gasteiger partial charge in [-0.1, -0.05) is 11.3 Å². The van der Waals surface area contributed by atoms with E-state index in [-0.39, 0.29) is 23.3 Å². The molecule has 1 fully saturated rings. The van der Waals surface area contributed by atoms with Crippen molar-refractivity contribution in [3.05, 3.63) is 11.1 Å². The van der Waals surface area contributed by atoms with E-state index in [0.717, 1.165) is 11.3 Å². The largest absolute Gasteiger partial charge is 0.375 e. The van der Waals surface area contributed by atoms with Gasteiger partial charge in [0, 0.05) is 31.0 Å². The lowest BCUT2D eigenvalue weighted by Crippen LogP contribution is -2.42. The van der Waals surface area contributed by atoms with Crippen LogP contribution in [0.4, 0.5) is 5.13 Å². The Bertz CT molecular complexity index is 521. The monoisotopic (exact) mass is 296 g/mol. The zero-order valence-corrected chi connectivity index (χ0v) is 12.8. The molecule has 2 heterocycles. The maximum atomic E-state index is 11.9. The molecule has 20 heavy (non-hydrogen) atoms. The lowest BCUT2D eigenvalue weighted by Gasteiger charge is -2.32. The molecule has 0 unspecified atom stereocenters. The van der Waals surface area contributed by atoms with E-state index in [1.165, 1.54) is 6.20 Å². The van der Waals surface area contributed by atoms with Crippen LogP contribution in [-0.2, 0) is 4.79 Å². The molecule has 2 amide bonds. The van der Waals surface area contributed by atoms with E-state index in [1.54, 1.807) is 0 Å². The number of nitrogens with one attached hydrogen (secondary N) is 1. The molecule has 1 aliphatic heterocycles. The van der Waals surface area contributed by atoms with Crippen LogP contribution in [0.3, 0.4) is 0 Å². The van der Waals surface area contributed by atoms with Crippen molar-refractivity contribution in [1.82, 2.24) is 15.2 Å². The summed E-state index contributed by atoms with van der Waals surface area (Å²) >= 11 is 1.16. The fourth-order valence-corrected chi connectivity index (χ4v) is 2.88. The van der Waals surface area contributed by atoms with E-state index in [1.807, 2.05) is 25.7 Å². The first-order valence-corrected chi connectivity index (χ1v) is 7.39. The van der Waals surface area contributed by atoms with Gasteiger partial charge in [0.1, 0.15) is 4.88 Å². The second kappa shape index (κ2) is 5.40. The highest BCUT2D eigenvalue weighted by molar-refractivity contribution is 7.17. The van der Waals surface area contributed by atoms with Crippen molar-refractivity contribution in [2.45, 2.75) is 32.7 Å². The molecule has 2 rings (SSSR count). The SMILES string of the molecule is CC(C)(C)N1C[C@H](CNC(=O)c2cnc(N)s2)CC1=O. The van der Waals surface area contributed by atoms with E-state index < -0.39 is 0 Å². The predicted molar refractivity (Wildman–Crippen MR) is 78.4 cm³/mol. The number of carbonyl (C=O) groups excluding carboxylic acids is 2. The van der Waals surface area contributed by atoms with Crippen molar-refractivity contribution in [3.63, 3.8) is 0 Å². The highest BCUT2D eigenvalue weighted by atomic mass is 32.1. The van der Waals surface area contributed by atoms with Crippen LogP contribution in [0.1, 0.15) is 36.9 Å². The Labute approximate surface area is 122 Å². The third-order valence-corrected chi connectivity index (χ3v) is 4.14. The Morgan fingerprint density at radius 1 is 1.60 bits per heavy atom. The maximum Gasteiger partial charge on any atom is 0.263 e. The van der Waals surface area contributed by atoms with Gasteiger partial charge in [-0.15, -0.1) is 0 Å². The summed E-state index contributed by atoms with van der Waals surface area (Å²) in [5, 5.41) is 3.22. The Morgan fingerprint density at radius 2 is 2.30 bits per heavy atom. The van der Waals surface area contributed by atoms with Crippen molar-refractivity contribution in [2.75, 3.05) is 18.8 Å². The molecular formula is C13H20N4O2S. The van der Waals surface area contributed by atoms with Gasteiger partial charge in [0.2, 0.25) is 5.91 Å². The van der Waals surface area contributed by atoms with Gasteiger partial charge in [-0.25, -0.2) is 4.98 Å². The smallest absolute Gasteiger partial charge is 0.263 e. The fourth-order valence-electron chi connectivity index (χ4n) is 2.28. The van der Waals surface area contributed by atoms with Gasteiger partial charge in [0.15, 0.2) is 5.13 Å². The second-order valence-electron chi connectivity index (χ2n) is 6.02. The standard InChI is InChI=1S/C13H20N4O2S/c1-13(2,3)17-7-8(4-10(17)18)5-15-11(19)9-6-16-12(14)20-9/h6,8H,4-5,7H2,1-3H3,(H2,14,16)(H,15,19)/t8-/m0/s1.